The number of carbonyl (C=O) groups excluding carboxylic acids is 1. The third-order valence-corrected chi connectivity index (χ3v) is 7.24. The van der Waals surface area contributed by atoms with Gasteiger partial charge in [0.25, 0.3) is 0 Å². The molecule has 1 fully saturated rings. The lowest BCUT2D eigenvalue weighted by atomic mass is 9.77. The van der Waals surface area contributed by atoms with Crippen LogP contribution in [0.3, 0.4) is 0 Å². The molecule has 7 heteroatoms. The summed E-state index contributed by atoms with van der Waals surface area (Å²) in [7, 11) is 0. The number of benzene rings is 1. The fourth-order valence-electron chi connectivity index (χ4n) is 5.51. The average molecular weight is 481 g/mol. The molecule has 184 valence electrons. The number of carbonyl (C=O) groups is 1. The molecule has 2 aromatic heterocycles. The first kappa shape index (κ1) is 23.9. The minimum Gasteiger partial charge on any atom is -0.382 e. The topological polar surface area (TPSA) is 94.9 Å². The van der Waals surface area contributed by atoms with Crippen LogP contribution in [0.15, 0.2) is 52.8 Å². The van der Waals surface area contributed by atoms with E-state index in [-0.39, 0.29) is 6.04 Å². The molecule has 1 aliphatic heterocycles. The molecule has 0 atom stereocenters. The minimum atomic E-state index is 0.262. The van der Waals surface area contributed by atoms with E-state index in [1.807, 2.05) is 22.7 Å². The smallest absolute Gasteiger partial charge is 0.130 e. The highest BCUT2D eigenvalue weighted by molar-refractivity contribution is 6.18. The summed E-state index contributed by atoms with van der Waals surface area (Å²) in [4.78, 5) is 11.5. The Kier molecular flexibility index (Phi) is 6.69. The molecule has 1 saturated carbocycles. The summed E-state index contributed by atoms with van der Waals surface area (Å²) in [6.45, 7) is 5.96. The maximum atomic E-state index is 11.5. The van der Waals surface area contributed by atoms with Crippen molar-refractivity contribution in [1.82, 2.24) is 9.61 Å². The molecule has 2 aliphatic rings. The number of ketones is 1. The second-order valence-corrected chi connectivity index (χ2v) is 10.4. The van der Waals surface area contributed by atoms with Crippen molar-refractivity contribution in [3.8, 4) is 17.3 Å². The second-order valence-electron chi connectivity index (χ2n) is 10.4. The van der Waals surface area contributed by atoms with Gasteiger partial charge >= 0.3 is 0 Å². The molecule has 1 aromatic carbocycles. The molecule has 3 heterocycles. The van der Waals surface area contributed by atoms with Crippen LogP contribution in [0, 0.1) is 23.2 Å². The molecule has 5 rings (SSSR count). The summed E-state index contributed by atoms with van der Waals surface area (Å²) in [5.41, 5.74) is 7.75. The van der Waals surface area contributed by atoms with Crippen molar-refractivity contribution in [3.63, 3.8) is 0 Å². The van der Waals surface area contributed by atoms with E-state index in [1.165, 1.54) is 5.71 Å². The van der Waals surface area contributed by atoms with Crippen LogP contribution >= 0.6 is 0 Å². The summed E-state index contributed by atoms with van der Waals surface area (Å²) >= 11 is 0. The summed E-state index contributed by atoms with van der Waals surface area (Å²) in [6.07, 6.45) is 7.47. The van der Waals surface area contributed by atoms with Gasteiger partial charge in [-0.05, 0) is 82.6 Å². The Bertz CT molecular complexity index is 1400. The molecule has 3 aromatic rings. The molecule has 1 N–H and O–H groups in total. The van der Waals surface area contributed by atoms with E-state index in [2.05, 4.69) is 58.7 Å². The van der Waals surface area contributed by atoms with Gasteiger partial charge in [0.2, 0.25) is 0 Å². The van der Waals surface area contributed by atoms with Crippen molar-refractivity contribution in [2.75, 3.05) is 5.32 Å². The van der Waals surface area contributed by atoms with E-state index in [0.717, 1.165) is 65.8 Å². The lowest BCUT2D eigenvalue weighted by Crippen LogP contribution is -2.23. The van der Waals surface area contributed by atoms with Crippen LogP contribution in [0.25, 0.3) is 16.8 Å². The van der Waals surface area contributed by atoms with Gasteiger partial charge in [-0.2, -0.15) is 20.6 Å². The normalized spacial score (nSPS) is 19.8. The maximum Gasteiger partial charge on any atom is 0.130 e. The Hall–Kier alpha value is -3.79. The van der Waals surface area contributed by atoms with E-state index in [0.29, 0.717) is 29.6 Å². The highest BCUT2D eigenvalue weighted by Gasteiger charge is 2.29. The number of hydrogen-bond acceptors (Lipinski definition) is 6. The molecule has 0 radical (unpaired) electrons. The lowest BCUT2D eigenvalue weighted by molar-refractivity contribution is -0.118. The maximum absolute atomic E-state index is 11.5. The SMILES string of the molecule is CC(=O)CC1CCC(C2=NN=C(c3ccc(-c4ccc5cc(C#N)cnn45)cc3NC(C)C)C2)CC1. The fourth-order valence-corrected chi connectivity index (χ4v) is 5.51. The van der Waals surface area contributed by atoms with Gasteiger partial charge in [0.05, 0.1) is 28.7 Å². The zero-order valence-electron chi connectivity index (χ0n) is 21.2. The van der Waals surface area contributed by atoms with Gasteiger partial charge in [0.15, 0.2) is 0 Å². The Labute approximate surface area is 211 Å². The number of nitrogens with one attached hydrogen (secondary N) is 1. The van der Waals surface area contributed by atoms with Gasteiger partial charge in [-0.25, -0.2) is 4.52 Å². The first-order valence-corrected chi connectivity index (χ1v) is 12.8. The number of nitriles is 1. The van der Waals surface area contributed by atoms with Gasteiger partial charge in [-0.15, -0.1) is 0 Å². The van der Waals surface area contributed by atoms with Crippen molar-refractivity contribution < 1.29 is 4.79 Å². The van der Waals surface area contributed by atoms with E-state index in [4.69, 9.17) is 0 Å². The first-order chi connectivity index (χ1) is 17.4. The van der Waals surface area contributed by atoms with Crippen molar-refractivity contribution >= 4 is 28.4 Å². The third kappa shape index (κ3) is 4.94. The van der Waals surface area contributed by atoms with E-state index >= 15 is 0 Å². The molecule has 0 amide bonds. The van der Waals surface area contributed by atoms with Gasteiger partial charge < -0.3 is 10.1 Å². The summed E-state index contributed by atoms with van der Waals surface area (Å²) < 4.78 is 1.87. The highest BCUT2D eigenvalue weighted by atomic mass is 16.1. The van der Waals surface area contributed by atoms with E-state index < -0.39 is 0 Å². The molecule has 0 unspecified atom stereocenters. The number of anilines is 1. The summed E-state index contributed by atoms with van der Waals surface area (Å²) in [5, 5.41) is 26.5. The van der Waals surface area contributed by atoms with Gasteiger partial charge in [0, 0.05) is 41.4 Å². The third-order valence-electron chi connectivity index (χ3n) is 7.24. The molecular weight excluding hydrogens is 448 g/mol. The quantitative estimate of drug-likeness (QED) is 0.447. The van der Waals surface area contributed by atoms with Gasteiger partial charge in [0.1, 0.15) is 11.9 Å². The molecule has 1 aliphatic carbocycles. The predicted molar refractivity (Wildman–Crippen MR) is 143 cm³/mol. The van der Waals surface area contributed by atoms with Crippen molar-refractivity contribution in [2.24, 2.45) is 22.0 Å². The van der Waals surface area contributed by atoms with Crippen LogP contribution < -0.4 is 5.32 Å². The number of nitrogens with zero attached hydrogens (tertiary/aromatic N) is 5. The van der Waals surface area contributed by atoms with Crippen LogP contribution in [-0.2, 0) is 4.79 Å². The molecule has 0 saturated heterocycles. The standard InChI is InChI=1S/C29H32N6O/c1-18(2)32-27-14-23(29-11-9-24-13-21(16-30)17-31-35(24)29)8-10-25(27)28-15-26(33-34-28)22-6-4-20(5-7-22)12-19(3)36/h8-11,13-14,17-18,20,22,32H,4-7,12,15H2,1-3H3. The zero-order valence-corrected chi connectivity index (χ0v) is 21.2. The van der Waals surface area contributed by atoms with Crippen LogP contribution in [0.4, 0.5) is 5.69 Å². The zero-order chi connectivity index (χ0) is 25.2. The number of rotatable bonds is 7. The number of aromatic nitrogens is 2. The molecule has 7 nitrogen and oxygen atoms in total. The lowest BCUT2D eigenvalue weighted by Gasteiger charge is -2.27. The number of hydrogen-bond donors (Lipinski definition) is 1. The largest absolute Gasteiger partial charge is 0.382 e. The van der Waals surface area contributed by atoms with Crippen molar-refractivity contribution in [2.45, 2.75) is 65.3 Å². The fraction of sp³-hybridized carbons (Fsp3) is 0.414. The van der Waals surface area contributed by atoms with E-state index in [9.17, 15) is 10.1 Å². The van der Waals surface area contributed by atoms with Crippen LogP contribution in [0.5, 0.6) is 0 Å². The van der Waals surface area contributed by atoms with E-state index in [1.54, 1.807) is 13.1 Å². The molecule has 0 bridgehead atoms. The molecular formula is C29H32N6O. The molecule has 0 spiro atoms. The second kappa shape index (κ2) is 10.1. The van der Waals surface area contributed by atoms with Gasteiger partial charge in [-0.1, -0.05) is 12.1 Å². The van der Waals surface area contributed by atoms with Crippen LogP contribution in [0.2, 0.25) is 0 Å². The monoisotopic (exact) mass is 480 g/mol. The predicted octanol–water partition coefficient (Wildman–Crippen LogP) is 6.03. The minimum absolute atomic E-state index is 0.262. The van der Waals surface area contributed by atoms with Crippen LogP contribution in [-0.4, -0.2) is 32.9 Å². The first-order valence-electron chi connectivity index (χ1n) is 12.8. The Morgan fingerprint density at radius 1 is 1.14 bits per heavy atom. The van der Waals surface area contributed by atoms with Gasteiger partial charge in [-0.3, -0.25) is 0 Å². The molecule has 36 heavy (non-hydrogen) atoms. The summed E-state index contributed by atoms with van der Waals surface area (Å²) in [6, 6.07) is 14.7. The Morgan fingerprint density at radius 3 is 2.67 bits per heavy atom. The average Bonchev–Trinajstić information content (AvgIpc) is 3.51. The highest BCUT2D eigenvalue weighted by Crippen LogP contribution is 2.35. The Morgan fingerprint density at radius 2 is 1.94 bits per heavy atom. The summed E-state index contributed by atoms with van der Waals surface area (Å²) in [5.74, 6) is 1.29. The number of Topliss-reactive ketones (excluding diaryl/α,β-unsaturated/α-hetero) is 1. The Balaban J connectivity index is 1.36. The van der Waals surface area contributed by atoms with Crippen molar-refractivity contribution in [1.29, 1.82) is 5.26 Å². The van der Waals surface area contributed by atoms with Crippen molar-refractivity contribution in [3.05, 3.63) is 53.7 Å². The van der Waals surface area contributed by atoms with Crippen LogP contribution in [0.1, 0.15) is 70.4 Å². The number of fused-ring (bicyclic) bond motifs is 1.